The minimum absolute atomic E-state index is 0.0644. The number of rotatable bonds is 5. The fourth-order valence-electron chi connectivity index (χ4n) is 3.32. The molecule has 0 spiro atoms. The van der Waals surface area contributed by atoms with Crippen molar-refractivity contribution in [2.24, 2.45) is 0 Å². The Morgan fingerprint density at radius 2 is 2.03 bits per heavy atom. The number of benzene rings is 2. The fraction of sp³-hybridized carbons (Fsp3) is 0.136. The summed E-state index contributed by atoms with van der Waals surface area (Å²) in [6.07, 6.45) is 1.66. The highest BCUT2D eigenvalue weighted by Crippen LogP contribution is 2.36. The zero-order valence-electron chi connectivity index (χ0n) is 15.3. The summed E-state index contributed by atoms with van der Waals surface area (Å²) in [5.41, 5.74) is 1.13. The lowest BCUT2D eigenvalue weighted by Gasteiger charge is -2.23. The van der Waals surface area contributed by atoms with Crippen molar-refractivity contribution < 1.29 is 14.0 Å². The van der Waals surface area contributed by atoms with Gasteiger partial charge in [0.1, 0.15) is 5.76 Å². The van der Waals surface area contributed by atoms with Gasteiger partial charge < -0.3 is 15.1 Å². The first-order valence-corrected chi connectivity index (χ1v) is 10.0. The monoisotopic (exact) mass is 403 g/mol. The summed E-state index contributed by atoms with van der Waals surface area (Å²) >= 11 is 1.14. The number of nitriles is 1. The minimum atomic E-state index is -0.438. The van der Waals surface area contributed by atoms with Crippen LogP contribution >= 0.6 is 11.8 Å². The number of carbonyl (C=O) groups excluding carboxylic acids is 2. The van der Waals surface area contributed by atoms with Crippen molar-refractivity contribution in [3.8, 4) is 6.07 Å². The van der Waals surface area contributed by atoms with Crippen molar-refractivity contribution in [3.05, 3.63) is 77.2 Å². The molecule has 4 rings (SSSR count). The van der Waals surface area contributed by atoms with Crippen molar-refractivity contribution in [1.29, 1.82) is 5.26 Å². The summed E-state index contributed by atoms with van der Waals surface area (Å²) in [5.74, 6) is -0.232. The van der Waals surface area contributed by atoms with E-state index in [0.717, 1.165) is 28.2 Å². The molecule has 7 heteroatoms. The second kappa shape index (κ2) is 8.25. The van der Waals surface area contributed by atoms with Crippen LogP contribution < -0.4 is 10.6 Å². The van der Waals surface area contributed by atoms with Crippen LogP contribution in [0.2, 0.25) is 0 Å². The van der Waals surface area contributed by atoms with E-state index in [1.807, 2.05) is 42.5 Å². The van der Waals surface area contributed by atoms with E-state index in [-0.39, 0.29) is 24.0 Å². The second-order valence-electron chi connectivity index (χ2n) is 6.54. The topological polar surface area (TPSA) is 95.1 Å². The maximum Gasteiger partial charge on any atom is 0.234 e. The van der Waals surface area contributed by atoms with Gasteiger partial charge >= 0.3 is 0 Å². The number of hydrogen-bond donors (Lipinski definition) is 2. The summed E-state index contributed by atoms with van der Waals surface area (Å²) < 4.78 is 5.39. The Morgan fingerprint density at radius 3 is 2.83 bits per heavy atom. The van der Waals surface area contributed by atoms with E-state index in [1.165, 1.54) is 6.26 Å². The van der Waals surface area contributed by atoms with Crippen LogP contribution in [0.25, 0.3) is 10.8 Å². The van der Waals surface area contributed by atoms with Crippen LogP contribution in [0.4, 0.5) is 5.69 Å². The Kier molecular flexibility index (Phi) is 5.36. The van der Waals surface area contributed by atoms with Crippen LogP contribution in [0.1, 0.15) is 18.1 Å². The Balaban J connectivity index is 1.50. The van der Waals surface area contributed by atoms with E-state index >= 15 is 0 Å². The molecule has 0 saturated heterocycles. The third kappa shape index (κ3) is 4.03. The highest BCUT2D eigenvalue weighted by molar-refractivity contribution is 8.03. The molecule has 1 aromatic heterocycles. The maximum absolute atomic E-state index is 12.5. The number of nitrogens with zero attached hydrogens (tertiary/aromatic N) is 1. The number of nitrogens with one attached hydrogen (secondary N) is 2. The fourth-order valence-corrected chi connectivity index (χ4v) is 4.20. The number of allylic oxidation sites excluding steroid dienone is 1. The molecule has 3 aromatic rings. The predicted molar refractivity (Wildman–Crippen MR) is 112 cm³/mol. The van der Waals surface area contributed by atoms with Gasteiger partial charge in [0.25, 0.3) is 0 Å². The molecule has 0 aliphatic carbocycles. The lowest BCUT2D eigenvalue weighted by molar-refractivity contribution is -0.121. The van der Waals surface area contributed by atoms with Crippen molar-refractivity contribution in [2.75, 3.05) is 11.1 Å². The van der Waals surface area contributed by atoms with Crippen molar-refractivity contribution in [1.82, 2.24) is 5.32 Å². The molecule has 0 saturated carbocycles. The quantitative estimate of drug-likeness (QED) is 0.667. The number of thioether (sulfide) groups is 1. The molecule has 2 heterocycles. The third-order valence-electron chi connectivity index (χ3n) is 4.65. The van der Waals surface area contributed by atoms with E-state index in [9.17, 15) is 14.9 Å². The van der Waals surface area contributed by atoms with Gasteiger partial charge in [0.15, 0.2) is 0 Å². The molecule has 2 aromatic carbocycles. The standard InChI is InChI=1S/C22H17N3O3S/c23-12-17-16(19-9-4-10-28-19)11-20(26)25-22(17)29-13-21(27)24-18-8-3-6-14-5-1-2-7-15(14)18/h1-10,16H,11,13H2,(H,24,27)(H,25,26)/t16-/m1/s1. The lowest BCUT2D eigenvalue weighted by atomic mass is 9.92. The number of amides is 2. The second-order valence-corrected chi connectivity index (χ2v) is 7.52. The van der Waals surface area contributed by atoms with Crippen LogP contribution in [-0.4, -0.2) is 17.6 Å². The number of hydrogen-bond acceptors (Lipinski definition) is 5. The van der Waals surface area contributed by atoms with E-state index in [0.29, 0.717) is 16.4 Å². The first-order valence-electron chi connectivity index (χ1n) is 9.03. The van der Waals surface area contributed by atoms with Gasteiger partial charge in [-0.15, -0.1) is 0 Å². The summed E-state index contributed by atoms with van der Waals surface area (Å²) in [4.78, 5) is 24.6. The van der Waals surface area contributed by atoms with Gasteiger partial charge in [-0.05, 0) is 23.6 Å². The van der Waals surface area contributed by atoms with Crippen LogP contribution in [0.5, 0.6) is 0 Å². The Hall–Kier alpha value is -3.50. The molecule has 0 fully saturated rings. The Labute approximate surface area is 171 Å². The van der Waals surface area contributed by atoms with Crippen molar-refractivity contribution >= 4 is 40.0 Å². The Bertz CT molecular complexity index is 1140. The minimum Gasteiger partial charge on any atom is -0.469 e. The van der Waals surface area contributed by atoms with Crippen molar-refractivity contribution in [3.63, 3.8) is 0 Å². The van der Waals surface area contributed by atoms with Crippen molar-refractivity contribution in [2.45, 2.75) is 12.3 Å². The van der Waals surface area contributed by atoms with E-state index in [2.05, 4.69) is 16.7 Å². The van der Waals surface area contributed by atoms with Crippen LogP contribution in [0.3, 0.4) is 0 Å². The summed E-state index contributed by atoms with van der Waals surface area (Å²) in [6.45, 7) is 0. The van der Waals surface area contributed by atoms with Gasteiger partial charge in [0, 0.05) is 17.5 Å². The molecule has 0 unspecified atom stereocenters. The highest BCUT2D eigenvalue weighted by atomic mass is 32.2. The van der Waals surface area contributed by atoms with E-state index in [4.69, 9.17) is 4.42 Å². The number of carbonyl (C=O) groups is 2. The van der Waals surface area contributed by atoms with E-state index < -0.39 is 5.92 Å². The van der Waals surface area contributed by atoms with Crippen LogP contribution in [0, 0.1) is 11.3 Å². The molecule has 0 radical (unpaired) electrons. The van der Waals surface area contributed by atoms with Gasteiger partial charge in [-0.3, -0.25) is 9.59 Å². The molecule has 0 bridgehead atoms. The molecule has 2 N–H and O–H groups in total. The number of anilines is 1. The van der Waals surface area contributed by atoms with Gasteiger partial charge in [0.05, 0.1) is 34.6 Å². The van der Waals surface area contributed by atoms with Gasteiger partial charge in [-0.2, -0.15) is 5.26 Å². The first-order chi connectivity index (χ1) is 14.2. The smallest absolute Gasteiger partial charge is 0.234 e. The molecular weight excluding hydrogens is 386 g/mol. The summed E-state index contributed by atoms with van der Waals surface area (Å²) in [5, 5.41) is 17.6. The van der Waals surface area contributed by atoms with Crippen LogP contribution in [-0.2, 0) is 9.59 Å². The zero-order valence-corrected chi connectivity index (χ0v) is 16.2. The first kappa shape index (κ1) is 18.8. The summed E-state index contributed by atoms with van der Waals surface area (Å²) in [6, 6.07) is 19.1. The van der Waals surface area contributed by atoms with Gasteiger partial charge in [0.2, 0.25) is 11.8 Å². The molecule has 2 amide bonds. The van der Waals surface area contributed by atoms with E-state index in [1.54, 1.807) is 12.1 Å². The molecular formula is C22H17N3O3S. The molecule has 1 aliphatic rings. The largest absolute Gasteiger partial charge is 0.469 e. The molecule has 144 valence electrons. The molecule has 29 heavy (non-hydrogen) atoms. The van der Waals surface area contributed by atoms with Gasteiger partial charge in [-0.25, -0.2) is 0 Å². The highest BCUT2D eigenvalue weighted by Gasteiger charge is 2.31. The lowest BCUT2D eigenvalue weighted by Crippen LogP contribution is -2.31. The normalized spacial score (nSPS) is 16.4. The zero-order chi connectivity index (χ0) is 20.2. The summed E-state index contributed by atoms with van der Waals surface area (Å²) in [7, 11) is 0. The molecule has 1 aliphatic heterocycles. The third-order valence-corrected chi connectivity index (χ3v) is 5.67. The SMILES string of the molecule is N#CC1=C(SCC(=O)Nc2cccc3ccccc23)NC(=O)C[C@H]1c1ccco1. The maximum atomic E-state index is 12.5. The van der Waals surface area contributed by atoms with Gasteiger partial charge in [-0.1, -0.05) is 48.2 Å². The van der Waals surface area contributed by atoms with Crippen LogP contribution in [0.15, 0.2) is 75.9 Å². The molecule has 6 nitrogen and oxygen atoms in total. The number of furan rings is 1. The predicted octanol–water partition coefficient (Wildman–Crippen LogP) is 4.14. The molecule has 1 atom stereocenters. The average Bonchev–Trinajstić information content (AvgIpc) is 3.27. The number of fused-ring (bicyclic) bond motifs is 1. The Morgan fingerprint density at radius 1 is 1.21 bits per heavy atom. The average molecular weight is 403 g/mol.